The number of rotatable bonds is 2. The molecule has 0 fully saturated rings. The van der Waals surface area contributed by atoms with Crippen LogP contribution in [0.15, 0.2) is 42.6 Å². The molecule has 3 heterocycles. The quantitative estimate of drug-likeness (QED) is 0.440. The number of nitrogens with zero attached hydrogens (tertiary/aromatic N) is 2. The molecule has 0 saturated carbocycles. The molecule has 0 spiro atoms. The maximum Gasteiger partial charge on any atom is 0.215 e. The van der Waals surface area contributed by atoms with Crippen molar-refractivity contribution in [2.45, 2.75) is 12.2 Å². The first kappa shape index (κ1) is 20.0. The first-order valence-electron chi connectivity index (χ1n) is 9.17. The van der Waals surface area contributed by atoms with Crippen LogP contribution in [0.3, 0.4) is 0 Å². The largest absolute Gasteiger partial charge is 0.493 e. The highest BCUT2D eigenvalue weighted by Crippen LogP contribution is 2.34. The van der Waals surface area contributed by atoms with Gasteiger partial charge in [0.25, 0.3) is 0 Å². The van der Waals surface area contributed by atoms with Crippen molar-refractivity contribution in [1.82, 2.24) is 9.97 Å². The van der Waals surface area contributed by atoms with Crippen LogP contribution >= 0.6 is 0 Å². The molecule has 0 saturated heterocycles. The van der Waals surface area contributed by atoms with E-state index in [4.69, 9.17) is 19.0 Å². The number of ether oxygens (including phenoxy) is 2. The second kappa shape index (κ2) is 8.62. The molecule has 3 N–H and O–H groups in total. The molecule has 0 radical (unpaired) electrons. The van der Waals surface area contributed by atoms with Crippen molar-refractivity contribution in [2.75, 3.05) is 18.5 Å². The zero-order valence-corrected chi connectivity index (χ0v) is 16.7. The lowest BCUT2D eigenvalue weighted by Crippen LogP contribution is -2.08. The van der Waals surface area contributed by atoms with Gasteiger partial charge in [0, 0.05) is 35.4 Å². The number of anilines is 2. The lowest BCUT2D eigenvalue weighted by molar-refractivity contribution is 0.242. The molecule has 30 heavy (non-hydrogen) atoms. The van der Waals surface area contributed by atoms with E-state index in [0.717, 1.165) is 11.8 Å². The first-order chi connectivity index (χ1) is 14.5. The normalized spacial score (nSPS) is 13.4. The smallest absolute Gasteiger partial charge is 0.215 e. The monoisotopic (exact) mass is 431 g/mol. The summed E-state index contributed by atoms with van der Waals surface area (Å²) in [6.07, 6.45) is 1.57. The van der Waals surface area contributed by atoms with Gasteiger partial charge in [0.15, 0.2) is 0 Å². The Morgan fingerprint density at radius 1 is 1.00 bits per heavy atom. The van der Waals surface area contributed by atoms with Crippen LogP contribution in [0.4, 0.5) is 20.4 Å². The second-order valence-electron chi connectivity index (χ2n) is 6.65. The number of hydrogen-bond acceptors (Lipinski definition) is 7. The highest BCUT2D eigenvalue weighted by atomic mass is 32.2. The molecule has 1 aromatic carbocycles. The molecule has 2 aromatic heterocycles. The summed E-state index contributed by atoms with van der Waals surface area (Å²) in [4.78, 5) is 8.45. The van der Waals surface area contributed by atoms with Crippen LogP contribution in [0.25, 0.3) is 11.1 Å². The third-order valence-electron chi connectivity index (χ3n) is 4.34. The minimum atomic E-state index is -1.64. The van der Waals surface area contributed by atoms with Gasteiger partial charge in [0.1, 0.15) is 29.0 Å². The van der Waals surface area contributed by atoms with E-state index in [1.54, 1.807) is 12.1 Å². The van der Waals surface area contributed by atoms with E-state index < -0.39 is 22.1 Å². The van der Waals surface area contributed by atoms with Gasteiger partial charge in [-0.3, -0.25) is 9.56 Å². The number of nitrogens with one attached hydrogen (secondary N) is 3. The molecule has 156 valence electrons. The summed E-state index contributed by atoms with van der Waals surface area (Å²) in [6, 6.07) is 8.86. The molecule has 1 aliphatic heterocycles. The Balaban J connectivity index is 1.80. The number of halogens is 2. The number of aromatic nitrogens is 2. The van der Waals surface area contributed by atoms with Gasteiger partial charge in [-0.05, 0) is 29.8 Å². The fourth-order valence-electron chi connectivity index (χ4n) is 3.07. The Hall–Kier alpha value is -3.27. The number of hydrogen-bond donors (Lipinski definition) is 4. The predicted molar refractivity (Wildman–Crippen MR) is 111 cm³/mol. The second-order valence-corrected chi connectivity index (χ2v) is 7.82. The number of benzene rings is 1. The molecule has 7 nitrogen and oxygen atoms in total. The Labute approximate surface area is 173 Å². The van der Waals surface area contributed by atoms with Crippen LogP contribution in [0, 0.1) is 21.2 Å². The summed E-state index contributed by atoms with van der Waals surface area (Å²) < 4.78 is 54.9. The van der Waals surface area contributed by atoms with Gasteiger partial charge >= 0.3 is 0 Å². The summed E-state index contributed by atoms with van der Waals surface area (Å²) in [5.74, 6) is 0.551. The topological polar surface area (TPSA) is 104 Å². The fourth-order valence-corrected chi connectivity index (χ4v) is 3.62. The highest BCUT2D eigenvalue weighted by Gasteiger charge is 2.15. The summed E-state index contributed by atoms with van der Waals surface area (Å²) in [7, 11) is -1.64. The molecule has 3 aromatic rings. The third-order valence-corrected chi connectivity index (χ3v) is 5.03. The molecule has 4 rings (SSSR count). The van der Waals surface area contributed by atoms with Crippen molar-refractivity contribution in [3.63, 3.8) is 0 Å². The number of fused-ring (bicyclic) bond motifs is 6. The lowest BCUT2D eigenvalue weighted by atomic mass is 10.0. The van der Waals surface area contributed by atoms with Crippen molar-refractivity contribution < 1.29 is 18.3 Å². The number of pyridine rings is 2. The zero-order valence-electron chi connectivity index (χ0n) is 15.8. The number of thiol groups is 1. The maximum atomic E-state index is 14.6. The maximum absolute atomic E-state index is 14.6. The molecule has 0 atom stereocenters. The van der Waals surface area contributed by atoms with Crippen molar-refractivity contribution in [3.8, 4) is 22.8 Å². The molecule has 10 heteroatoms. The fraction of sp³-hybridized carbons (Fsp3) is 0.200. The van der Waals surface area contributed by atoms with Crippen molar-refractivity contribution >= 4 is 22.1 Å². The van der Waals surface area contributed by atoms with Crippen LogP contribution in [-0.2, 0) is 16.2 Å². The van der Waals surface area contributed by atoms with E-state index in [1.165, 1.54) is 24.3 Å². The molecular formula is C20H19F2N5O2S. The summed E-state index contributed by atoms with van der Waals surface area (Å²) in [6.45, 7) is 0.542. The van der Waals surface area contributed by atoms with Crippen LogP contribution in [0.2, 0.25) is 0 Å². The molecule has 0 amide bonds. The van der Waals surface area contributed by atoms with Crippen LogP contribution in [0.1, 0.15) is 12.0 Å². The van der Waals surface area contributed by atoms with Crippen LogP contribution in [-0.4, -0.2) is 23.2 Å². The van der Waals surface area contributed by atoms with Gasteiger partial charge in [-0.25, -0.2) is 13.8 Å². The minimum absolute atomic E-state index is 0.216. The molecule has 0 unspecified atom stereocenters. The third kappa shape index (κ3) is 4.65. The Kier molecular flexibility index (Phi) is 5.75. The summed E-state index contributed by atoms with van der Waals surface area (Å²) in [5.41, 5.74) is 1.37. The van der Waals surface area contributed by atoms with E-state index >= 15 is 0 Å². The highest BCUT2D eigenvalue weighted by molar-refractivity contribution is 7.73. The van der Waals surface area contributed by atoms with Gasteiger partial charge < -0.3 is 14.8 Å². The Morgan fingerprint density at radius 2 is 1.83 bits per heavy atom. The summed E-state index contributed by atoms with van der Waals surface area (Å²) in [5, 5.41) is 3.02. The van der Waals surface area contributed by atoms with Gasteiger partial charge in [-0.1, -0.05) is 10.5 Å². The van der Waals surface area contributed by atoms with E-state index in [-0.39, 0.29) is 23.7 Å². The van der Waals surface area contributed by atoms with Crippen LogP contribution in [0.5, 0.6) is 11.6 Å². The van der Waals surface area contributed by atoms with Crippen molar-refractivity contribution in [1.29, 1.82) is 9.56 Å². The van der Waals surface area contributed by atoms with E-state index in [2.05, 4.69) is 15.3 Å². The predicted octanol–water partition coefficient (Wildman–Crippen LogP) is 4.70. The van der Waals surface area contributed by atoms with Crippen molar-refractivity contribution in [3.05, 3.63) is 59.8 Å². The molecule has 4 bridgehead atoms. The van der Waals surface area contributed by atoms with E-state index in [1.807, 2.05) is 0 Å². The zero-order chi connectivity index (χ0) is 21.1. The first-order valence-corrected chi connectivity index (χ1v) is 10.7. The van der Waals surface area contributed by atoms with Crippen molar-refractivity contribution in [2.24, 2.45) is 0 Å². The van der Waals surface area contributed by atoms with Gasteiger partial charge in [0.05, 0.1) is 19.4 Å². The SMILES string of the molecule is N=[SH](=N)Cc1cc2nc(c1)OCCCOc1cc(F)ccc1-c1cc(ncc1F)N2. The van der Waals surface area contributed by atoms with E-state index in [9.17, 15) is 8.78 Å². The van der Waals surface area contributed by atoms with E-state index in [0.29, 0.717) is 36.1 Å². The van der Waals surface area contributed by atoms with Gasteiger partial charge in [-0.2, -0.15) is 4.98 Å². The van der Waals surface area contributed by atoms with Crippen LogP contribution < -0.4 is 14.8 Å². The van der Waals surface area contributed by atoms with Gasteiger partial charge in [0.2, 0.25) is 5.88 Å². The molecular weight excluding hydrogens is 412 g/mol. The summed E-state index contributed by atoms with van der Waals surface area (Å²) >= 11 is 0. The average Bonchev–Trinajstić information content (AvgIpc) is 2.68. The molecule has 0 aliphatic carbocycles. The Morgan fingerprint density at radius 3 is 2.67 bits per heavy atom. The lowest BCUT2D eigenvalue weighted by Gasteiger charge is -2.16. The van der Waals surface area contributed by atoms with Gasteiger partial charge in [-0.15, -0.1) is 0 Å². The standard InChI is InChI=1S/C20H19F2N5O2S/c21-13-2-3-14-15-9-18(25-10-16(15)22)26-19-6-12(11-30(23)24)7-20(27-19)29-5-1-4-28-17(14)8-13/h2-3,6-10,23-24,30H,1,4-5,11H2,(H,25,26,27). The average molecular weight is 431 g/mol. The minimum Gasteiger partial charge on any atom is -0.493 e. The molecule has 1 aliphatic rings. The Bertz CT molecular complexity index is 1160.